The molecule has 1 aromatic heterocycles. The summed E-state index contributed by atoms with van der Waals surface area (Å²) in [5.41, 5.74) is 1.00. The van der Waals surface area contributed by atoms with Gasteiger partial charge in [0.1, 0.15) is 0 Å². The quantitative estimate of drug-likeness (QED) is 0.790. The summed E-state index contributed by atoms with van der Waals surface area (Å²) >= 11 is 6.02. The average molecular weight is 305 g/mol. The standard InChI is InChI=1S/C16H14ClFN2O/c17-12-5-1-4-11(10-12)14-7-3-9-20(14)16(21)13-6-2-8-19-15(13)18/h1-2,4-6,8,10,14H,3,7,9H2. The first-order chi connectivity index (χ1) is 10.2. The summed E-state index contributed by atoms with van der Waals surface area (Å²) in [5.74, 6) is -1.04. The van der Waals surface area contributed by atoms with Crippen LogP contribution in [0.2, 0.25) is 5.02 Å². The van der Waals surface area contributed by atoms with Gasteiger partial charge in [0.2, 0.25) is 5.95 Å². The minimum absolute atomic E-state index is 0.0198. The number of carbonyl (C=O) groups excluding carboxylic acids is 1. The van der Waals surface area contributed by atoms with Gasteiger partial charge in [0.25, 0.3) is 5.91 Å². The lowest BCUT2D eigenvalue weighted by Gasteiger charge is -2.25. The fraction of sp³-hybridized carbons (Fsp3) is 0.250. The number of amides is 1. The monoisotopic (exact) mass is 304 g/mol. The van der Waals surface area contributed by atoms with Crippen LogP contribution in [0.1, 0.15) is 34.8 Å². The van der Waals surface area contributed by atoms with Crippen LogP contribution in [-0.4, -0.2) is 22.3 Å². The molecule has 1 aliphatic rings. The number of hydrogen-bond donors (Lipinski definition) is 0. The Bertz CT molecular complexity index is 677. The van der Waals surface area contributed by atoms with Crippen LogP contribution in [0, 0.1) is 5.95 Å². The van der Waals surface area contributed by atoms with E-state index < -0.39 is 5.95 Å². The predicted octanol–water partition coefficient (Wildman–Crippen LogP) is 3.85. The number of hydrogen-bond acceptors (Lipinski definition) is 2. The molecule has 0 spiro atoms. The first kappa shape index (κ1) is 14.0. The molecule has 1 amide bonds. The molecule has 1 aliphatic heterocycles. The van der Waals surface area contributed by atoms with E-state index >= 15 is 0 Å². The van der Waals surface area contributed by atoms with Crippen molar-refractivity contribution in [2.45, 2.75) is 18.9 Å². The van der Waals surface area contributed by atoms with Gasteiger partial charge in [-0.15, -0.1) is 0 Å². The molecule has 1 aromatic carbocycles. The molecule has 0 radical (unpaired) electrons. The van der Waals surface area contributed by atoms with Crippen molar-refractivity contribution >= 4 is 17.5 Å². The number of benzene rings is 1. The first-order valence-electron chi connectivity index (χ1n) is 6.84. The third kappa shape index (κ3) is 2.76. The number of halogens is 2. The fourth-order valence-electron chi connectivity index (χ4n) is 2.77. The summed E-state index contributed by atoms with van der Waals surface area (Å²) in [7, 11) is 0. The maximum absolute atomic E-state index is 13.7. The summed E-state index contributed by atoms with van der Waals surface area (Å²) < 4.78 is 13.7. The van der Waals surface area contributed by atoms with Gasteiger partial charge in [-0.25, -0.2) is 4.98 Å². The molecule has 1 unspecified atom stereocenters. The Morgan fingerprint density at radius 1 is 1.33 bits per heavy atom. The van der Waals surface area contributed by atoms with E-state index in [-0.39, 0.29) is 17.5 Å². The molecule has 2 aromatic rings. The molecular formula is C16H14ClFN2O. The predicted molar refractivity (Wildman–Crippen MR) is 78.7 cm³/mol. The number of carbonyl (C=O) groups is 1. The van der Waals surface area contributed by atoms with Crippen LogP contribution < -0.4 is 0 Å². The molecule has 3 rings (SSSR count). The van der Waals surface area contributed by atoms with E-state index in [1.54, 1.807) is 17.0 Å². The van der Waals surface area contributed by atoms with Gasteiger partial charge >= 0.3 is 0 Å². The lowest BCUT2D eigenvalue weighted by Crippen LogP contribution is -2.31. The molecule has 0 aliphatic carbocycles. The highest BCUT2D eigenvalue weighted by atomic mass is 35.5. The number of aromatic nitrogens is 1. The molecule has 1 saturated heterocycles. The second kappa shape index (κ2) is 5.82. The Balaban J connectivity index is 1.91. The van der Waals surface area contributed by atoms with Gasteiger partial charge < -0.3 is 4.90 Å². The summed E-state index contributed by atoms with van der Waals surface area (Å²) in [6.07, 6.45) is 3.09. The van der Waals surface area contributed by atoms with Gasteiger partial charge in [-0.2, -0.15) is 4.39 Å². The minimum atomic E-state index is -0.723. The third-order valence-corrected chi connectivity index (χ3v) is 3.97. The van der Waals surface area contributed by atoms with Crippen LogP contribution in [0.4, 0.5) is 4.39 Å². The zero-order valence-corrected chi connectivity index (χ0v) is 12.1. The molecule has 3 nitrogen and oxygen atoms in total. The van der Waals surface area contributed by atoms with Crippen molar-refractivity contribution in [3.05, 3.63) is 64.7 Å². The Morgan fingerprint density at radius 3 is 2.95 bits per heavy atom. The van der Waals surface area contributed by atoms with E-state index in [4.69, 9.17) is 11.6 Å². The summed E-state index contributed by atoms with van der Waals surface area (Å²) in [5, 5.41) is 0.638. The summed E-state index contributed by atoms with van der Waals surface area (Å²) in [6, 6.07) is 10.4. The van der Waals surface area contributed by atoms with Gasteiger partial charge in [-0.3, -0.25) is 4.79 Å². The number of nitrogens with zero attached hydrogens (tertiary/aromatic N) is 2. The molecule has 21 heavy (non-hydrogen) atoms. The van der Waals surface area contributed by atoms with Crippen molar-refractivity contribution in [2.24, 2.45) is 0 Å². The van der Waals surface area contributed by atoms with Crippen LogP contribution in [0.25, 0.3) is 0 Å². The van der Waals surface area contributed by atoms with Crippen LogP contribution in [0.5, 0.6) is 0 Å². The van der Waals surface area contributed by atoms with Crippen molar-refractivity contribution < 1.29 is 9.18 Å². The highest BCUT2D eigenvalue weighted by Crippen LogP contribution is 2.34. The number of pyridine rings is 1. The lowest BCUT2D eigenvalue weighted by molar-refractivity contribution is 0.0730. The van der Waals surface area contributed by atoms with E-state index in [1.165, 1.54) is 12.3 Å². The van der Waals surface area contributed by atoms with E-state index in [1.807, 2.05) is 18.2 Å². The SMILES string of the molecule is O=C(c1cccnc1F)N1CCCC1c1cccc(Cl)c1. The first-order valence-corrected chi connectivity index (χ1v) is 7.21. The average Bonchev–Trinajstić information content (AvgIpc) is 2.96. The van der Waals surface area contributed by atoms with E-state index in [0.717, 1.165) is 18.4 Å². The van der Waals surface area contributed by atoms with Crippen LogP contribution in [0.15, 0.2) is 42.6 Å². The number of rotatable bonds is 2. The third-order valence-electron chi connectivity index (χ3n) is 3.74. The van der Waals surface area contributed by atoms with Crippen molar-refractivity contribution in [3.63, 3.8) is 0 Å². The van der Waals surface area contributed by atoms with Gasteiger partial charge in [-0.05, 0) is 42.7 Å². The van der Waals surface area contributed by atoms with Crippen LogP contribution >= 0.6 is 11.6 Å². The topological polar surface area (TPSA) is 33.2 Å². The van der Waals surface area contributed by atoms with Gasteiger partial charge in [0, 0.05) is 17.8 Å². The van der Waals surface area contributed by atoms with E-state index in [9.17, 15) is 9.18 Å². The second-order valence-corrected chi connectivity index (χ2v) is 5.49. The Labute approximate surface area is 127 Å². The summed E-state index contributed by atoms with van der Waals surface area (Å²) in [4.78, 5) is 17.8. The molecule has 0 saturated carbocycles. The smallest absolute Gasteiger partial charge is 0.259 e. The normalized spacial score (nSPS) is 18.0. The zero-order valence-electron chi connectivity index (χ0n) is 11.3. The molecule has 5 heteroatoms. The molecule has 108 valence electrons. The zero-order chi connectivity index (χ0) is 14.8. The molecule has 1 fully saturated rings. The fourth-order valence-corrected chi connectivity index (χ4v) is 2.97. The Morgan fingerprint density at radius 2 is 2.19 bits per heavy atom. The van der Waals surface area contributed by atoms with Crippen molar-refractivity contribution in [2.75, 3.05) is 6.54 Å². The van der Waals surface area contributed by atoms with E-state index in [2.05, 4.69) is 4.98 Å². The lowest BCUT2D eigenvalue weighted by atomic mass is 10.0. The molecule has 1 atom stereocenters. The minimum Gasteiger partial charge on any atom is -0.331 e. The van der Waals surface area contributed by atoms with E-state index in [0.29, 0.717) is 11.6 Å². The molecule has 0 N–H and O–H groups in total. The van der Waals surface area contributed by atoms with Crippen molar-refractivity contribution in [1.29, 1.82) is 0 Å². The molecular weight excluding hydrogens is 291 g/mol. The van der Waals surface area contributed by atoms with Crippen LogP contribution in [-0.2, 0) is 0 Å². The maximum Gasteiger partial charge on any atom is 0.259 e. The van der Waals surface area contributed by atoms with Gasteiger partial charge in [-0.1, -0.05) is 23.7 Å². The largest absolute Gasteiger partial charge is 0.331 e. The van der Waals surface area contributed by atoms with Crippen molar-refractivity contribution in [3.8, 4) is 0 Å². The molecule has 0 bridgehead atoms. The number of likely N-dealkylation sites (tertiary alicyclic amines) is 1. The molecule has 2 heterocycles. The highest BCUT2D eigenvalue weighted by Gasteiger charge is 2.31. The maximum atomic E-state index is 13.7. The Kier molecular flexibility index (Phi) is 3.88. The Hall–Kier alpha value is -1.94. The van der Waals surface area contributed by atoms with Gasteiger partial charge in [0.05, 0.1) is 11.6 Å². The summed E-state index contributed by atoms with van der Waals surface area (Å²) in [6.45, 7) is 0.615. The van der Waals surface area contributed by atoms with Crippen LogP contribution in [0.3, 0.4) is 0 Å². The second-order valence-electron chi connectivity index (χ2n) is 5.05. The highest BCUT2D eigenvalue weighted by molar-refractivity contribution is 6.30. The van der Waals surface area contributed by atoms with Gasteiger partial charge in [0.15, 0.2) is 0 Å². The van der Waals surface area contributed by atoms with Crippen molar-refractivity contribution in [1.82, 2.24) is 9.88 Å².